The van der Waals surface area contributed by atoms with Gasteiger partial charge in [0.05, 0.1) is 22.5 Å². The van der Waals surface area contributed by atoms with Gasteiger partial charge in [-0.15, -0.1) is 0 Å². The van der Waals surface area contributed by atoms with Gasteiger partial charge in [0.25, 0.3) is 0 Å². The topological polar surface area (TPSA) is 50.8 Å². The third-order valence-corrected chi connectivity index (χ3v) is 3.54. The van der Waals surface area contributed by atoms with E-state index in [4.69, 9.17) is 8.85 Å². The Morgan fingerprint density at radius 1 is 1.45 bits per heavy atom. The number of aromatic nitrogens is 2. The van der Waals surface area contributed by atoms with Crippen LogP contribution in [0.15, 0.2) is 22.7 Å². The van der Waals surface area contributed by atoms with Crippen molar-refractivity contribution in [2.24, 2.45) is 0 Å². The molecule has 0 aliphatic rings. The highest BCUT2D eigenvalue weighted by atomic mass is 79.9. The third kappa shape index (κ3) is 2.44. The number of methoxy groups -OCH3 is 1. The zero-order chi connectivity index (χ0) is 17.2. The van der Waals surface area contributed by atoms with E-state index in [9.17, 15) is 5.26 Å². The SMILES string of the molecule is [2H]C([2H])([2H])Oc1cc(Br)ccc1-n1c(CC)nc(CC)c1C#N. The maximum Gasteiger partial charge on any atom is 0.148 e. The van der Waals surface area contributed by atoms with E-state index in [1.54, 1.807) is 22.8 Å². The zero-order valence-corrected chi connectivity index (χ0v) is 12.9. The molecule has 0 fully saturated rings. The molecule has 0 aliphatic carbocycles. The van der Waals surface area contributed by atoms with E-state index in [-0.39, 0.29) is 5.75 Å². The second kappa shape index (κ2) is 6.10. The molecule has 0 aliphatic heterocycles. The quantitative estimate of drug-likeness (QED) is 0.856. The summed E-state index contributed by atoms with van der Waals surface area (Å²) in [5.74, 6) is 0.863. The van der Waals surface area contributed by atoms with Crippen LogP contribution >= 0.6 is 15.9 Å². The fourth-order valence-electron chi connectivity index (χ4n) is 2.13. The van der Waals surface area contributed by atoms with Crippen LogP contribution in [-0.4, -0.2) is 16.6 Å². The van der Waals surface area contributed by atoms with Gasteiger partial charge in [-0.25, -0.2) is 4.98 Å². The second-order valence-electron chi connectivity index (χ2n) is 4.19. The van der Waals surface area contributed by atoms with Gasteiger partial charge in [-0.2, -0.15) is 5.26 Å². The van der Waals surface area contributed by atoms with Gasteiger partial charge in [-0.3, -0.25) is 4.57 Å². The number of benzene rings is 1. The summed E-state index contributed by atoms with van der Waals surface area (Å²) in [6.07, 6.45) is 1.23. The van der Waals surface area contributed by atoms with Crippen molar-refractivity contribution >= 4 is 15.9 Å². The Morgan fingerprint density at radius 2 is 2.25 bits per heavy atom. The molecule has 0 bridgehead atoms. The number of nitrogens with zero attached hydrogens (tertiary/aromatic N) is 3. The van der Waals surface area contributed by atoms with E-state index < -0.39 is 7.04 Å². The maximum atomic E-state index is 9.51. The maximum absolute atomic E-state index is 9.51. The number of hydrogen-bond acceptors (Lipinski definition) is 3. The minimum absolute atomic E-state index is 0.172. The summed E-state index contributed by atoms with van der Waals surface area (Å²) in [6.45, 7) is 3.86. The molecule has 4 nitrogen and oxygen atoms in total. The largest absolute Gasteiger partial charge is 0.495 e. The van der Waals surface area contributed by atoms with E-state index >= 15 is 0 Å². The summed E-state index contributed by atoms with van der Waals surface area (Å²) in [7, 11) is -2.58. The number of nitriles is 1. The van der Waals surface area contributed by atoms with Crippen LogP contribution in [0.2, 0.25) is 0 Å². The predicted octanol–water partition coefficient (Wildman–Crippen LogP) is 3.64. The zero-order valence-electron chi connectivity index (χ0n) is 14.3. The van der Waals surface area contributed by atoms with Crippen LogP contribution in [0.3, 0.4) is 0 Å². The monoisotopic (exact) mass is 336 g/mol. The Morgan fingerprint density at radius 3 is 2.85 bits per heavy atom. The first-order valence-corrected chi connectivity index (χ1v) is 7.09. The summed E-state index contributed by atoms with van der Waals surface area (Å²) < 4.78 is 29.5. The molecule has 0 saturated heterocycles. The van der Waals surface area contributed by atoms with Crippen molar-refractivity contribution in [3.63, 3.8) is 0 Å². The molecule has 104 valence electrons. The molecule has 1 heterocycles. The molecule has 0 unspecified atom stereocenters. The van der Waals surface area contributed by atoms with Crippen molar-refractivity contribution in [3.8, 4) is 17.5 Å². The molecular formula is C15H16BrN3O. The minimum atomic E-state index is -2.58. The van der Waals surface area contributed by atoms with Gasteiger partial charge in [0.1, 0.15) is 23.3 Å². The van der Waals surface area contributed by atoms with Gasteiger partial charge >= 0.3 is 0 Å². The lowest BCUT2D eigenvalue weighted by Gasteiger charge is -2.13. The second-order valence-corrected chi connectivity index (χ2v) is 5.11. The number of halogens is 1. The Bertz CT molecular complexity index is 763. The fourth-order valence-corrected chi connectivity index (χ4v) is 2.47. The Balaban J connectivity index is 2.72. The standard InChI is InChI=1S/C15H16BrN3O/c1-4-11-13(9-17)19(15(5-2)18-11)12-7-6-10(16)8-14(12)20-3/h6-8H,4-5H2,1-3H3/i3D3. The van der Waals surface area contributed by atoms with Gasteiger partial charge in [-0.05, 0) is 24.6 Å². The number of aryl methyl sites for hydroxylation is 2. The molecule has 0 radical (unpaired) electrons. The van der Waals surface area contributed by atoms with Crippen LogP contribution in [0.1, 0.15) is 35.2 Å². The summed E-state index contributed by atoms with van der Waals surface area (Å²) in [5, 5.41) is 9.51. The van der Waals surface area contributed by atoms with Crippen molar-refractivity contribution in [3.05, 3.63) is 39.9 Å². The molecule has 0 N–H and O–H groups in total. The molecule has 5 heteroatoms. The Labute approximate surface area is 131 Å². The van der Waals surface area contributed by atoms with Gasteiger partial charge in [0, 0.05) is 10.9 Å². The average molecular weight is 337 g/mol. The van der Waals surface area contributed by atoms with Crippen LogP contribution in [0.4, 0.5) is 0 Å². The van der Waals surface area contributed by atoms with E-state index in [1.165, 1.54) is 0 Å². The molecule has 0 spiro atoms. The smallest absolute Gasteiger partial charge is 0.148 e. The Hall–Kier alpha value is -1.80. The summed E-state index contributed by atoms with van der Waals surface area (Å²) in [4.78, 5) is 4.49. The average Bonchev–Trinajstić information content (AvgIpc) is 2.83. The molecule has 1 aromatic heterocycles. The molecular weight excluding hydrogens is 318 g/mol. The highest BCUT2D eigenvalue weighted by Gasteiger charge is 2.18. The lowest BCUT2D eigenvalue weighted by atomic mass is 10.2. The van der Waals surface area contributed by atoms with E-state index in [1.807, 2.05) is 13.8 Å². The Kier molecular flexibility index (Phi) is 3.33. The number of hydrogen-bond donors (Lipinski definition) is 0. The third-order valence-electron chi connectivity index (χ3n) is 3.05. The van der Waals surface area contributed by atoms with Crippen molar-refractivity contribution in [1.82, 2.24) is 9.55 Å². The molecule has 0 amide bonds. The fraction of sp³-hybridized carbons (Fsp3) is 0.333. The highest BCUT2D eigenvalue weighted by Crippen LogP contribution is 2.30. The molecule has 0 saturated carbocycles. The first-order chi connectivity index (χ1) is 10.8. The molecule has 20 heavy (non-hydrogen) atoms. The van der Waals surface area contributed by atoms with Gasteiger partial charge in [0.2, 0.25) is 0 Å². The van der Waals surface area contributed by atoms with Gasteiger partial charge < -0.3 is 4.74 Å². The lowest BCUT2D eigenvalue weighted by molar-refractivity contribution is 0.412. The van der Waals surface area contributed by atoms with Crippen LogP contribution in [0, 0.1) is 11.3 Å². The normalized spacial score (nSPS) is 13.2. The molecule has 2 aromatic rings. The van der Waals surface area contributed by atoms with Crippen LogP contribution < -0.4 is 4.74 Å². The van der Waals surface area contributed by atoms with Crippen molar-refractivity contribution in [1.29, 1.82) is 5.26 Å². The van der Waals surface area contributed by atoms with Gasteiger partial charge in [0.15, 0.2) is 0 Å². The van der Waals surface area contributed by atoms with Crippen LogP contribution in [0.5, 0.6) is 5.75 Å². The van der Waals surface area contributed by atoms with E-state index in [0.717, 1.165) is 0 Å². The first kappa shape index (κ1) is 10.9. The molecule has 2 rings (SSSR count). The molecule has 1 aromatic carbocycles. The van der Waals surface area contributed by atoms with Crippen LogP contribution in [0.25, 0.3) is 5.69 Å². The number of imidazole rings is 1. The number of rotatable bonds is 4. The van der Waals surface area contributed by atoms with Crippen molar-refractivity contribution in [2.45, 2.75) is 26.7 Å². The van der Waals surface area contributed by atoms with Gasteiger partial charge in [-0.1, -0.05) is 29.8 Å². The van der Waals surface area contributed by atoms with Crippen molar-refractivity contribution in [2.75, 3.05) is 7.04 Å². The lowest BCUT2D eigenvalue weighted by Crippen LogP contribution is -2.05. The van der Waals surface area contributed by atoms with Crippen molar-refractivity contribution < 1.29 is 8.85 Å². The molecule has 0 atom stereocenters. The first-order valence-electron chi connectivity index (χ1n) is 7.80. The van der Waals surface area contributed by atoms with E-state index in [0.29, 0.717) is 40.2 Å². The minimum Gasteiger partial charge on any atom is -0.495 e. The predicted molar refractivity (Wildman–Crippen MR) is 81.3 cm³/mol. The summed E-state index contributed by atoms with van der Waals surface area (Å²) in [6, 6.07) is 7.23. The summed E-state index contributed by atoms with van der Waals surface area (Å²) in [5.41, 5.74) is 1.58. The summed E-state index contributed by atoms with van der Waals surface area (Å²) >= 11 is 3.31. The van der Waals surface area contributed by atoms with Crippen LogP contribution in [-0.2, 0) is 12.8 Å². The number of ether oxygens (including phenoxy) is 1. The highest BCUT2D eigenvalue weighted by molar-refractivity contribution is 9.10. The van der Waals surface area contributed by atoms with E-state index in [2.05, 4.69) is 27.0 Å².